The van der Waals surface area contributed by atoms with Gasteiger partial charge in [0.25, 0.3) is 7.82 Å². The first-order chi connectivity index (χ1) is 27.0. The zero-order valence-electron chi connectivity index (χ0n) is 37.6. The molecule has 0 fully saturated rings. The van der Waals surface area contributed by atoms with Crippen LogP contribution in [-0.4, -0.2) is 70.0 Å². The Morgan fingerprint density at radius 3 is 1.14 bits per heavy atom. The first-order valence-electron chi connectivity index (χ1n) is 23.7. The molecule has 334 valence electrons. The highest BCUT2D eigenvalue weighted by Crippen LogP contribution is 2.38. The molecule has 0 spiro atoms. The molecule has 0 saturated carbocycles. The van der Waals surface area contributed by atoms with E-state index >= 15 is 0 Å². The maximum atomic E-state index is 12.7. The number of carbonyl (C=O) groups excluding carboxylic acids is 2. The number of unbranched alkanes of at least 4 members (excludes halogenated alkanes) is 30. The van der Waals surface area contributed by atoms with Crippen LogP contribution in [0.15, 0.2) is 0 Å². The summed E-state index contributed by atoms with van der Waals surface area (Å²) < 4.78 is 33.9. The van der Waals surface area contributed by atoms with Crippen LogP contribution in [0.4, 0.5) is 0 Å². The minimum Gasteiger partial charge on any atom is -0.756 e. The standard InChI is InChI=1S/C46H92NO8P/c1-6-8-10-12-14-16-18-19-20-21-22-23-24-25-26-27-29-31-33-35-37-39-46(49)55-44(43-54-56(50,51)53-41-40-47(3,4)5)42-52-45(48)38-36-34-32-30-28-17-15-13-11-9-7-2/h44H,6-43H2,1-5H3. The van der Waals surface area contributed by atoms with Crippen molar-refractivity contribution in [1.29, 1.82) is 0 Å². The fourth-order valence-corrected chi connectivity index (χ4v) is 7.62. The molecule has 2 atom stereocenters. The molecule has 56 heavy (non-hydrogen) atoms. The zero-order valence-corrected chi connectivity index (χ0v) is 38.5. The molecule has 0 saturated heterocycles. The average Bonchev–Trinajstić information content (AvgIpc) is 3.15. The second-order valence-electron chi connectivity index (χ2n) is 17.5. The normalized spacial score (nSPS) is 13.5. The van der Waals surface area contributed by atoms with E-state index in [1.807, 2.05) is 21.1 Å². The van der Waals surface area contributed by atoms with Gasteiger partial charge in [0.05, 0.1) is 27.7 Å². The van der Waals surface area contributed by atoms with Gasteiger partial charge in [0.15, 0.2) is 6.10 Å². The number of phosphoric acid groups is 1. The van der Waals surface area contributed by atoms with Crippen LogP contribution in [-0.2, 0) is 32.7 Å². The van der Waals surface area contributed by atoms with Crippen LogP contribution < -0.4 is 4.89 Å². The molecule has 10 heteroatoms. The molecule has 0 radical (unpaired) electrons. The van der Waals surface area contributed by atoms with Crippen molar-refractivity contribution in [1.82, 2.24) is 0 Å². The molecular weight excluding hydrogens is 725 g/mol. The highest BCUT2D eigenvalue weighted by Gasteiger charge is 2.21. The van der Waals surface area contributed by atoms with Crippen molar-refractivity contribution in [3.63, 3.8) is 0 Å². The number of ether oxygens (including phenoxy) is 2. The van der Waals surface area contributed by atoms with Crippen molar-refractivity contribution in [3.05, 3.63) is 0 Å². The predicted octanol–water partition coefficient (Wildman–Crippen LogP) is 13.0. The van der Waals surface area contributed by atoms with Crippen molar-refractivity contribution < 1.29 is 42.1 Å². The van der Waals surface area contributed by atoms with Crippen LogP contribution in [0.3, 0.4) is 0 Å². The Bertz CT molecular complexity index is 927. The third-order valence-electron chi connectivity index (χ3n) is 10.6. The van der Waals surface area contributed by atoms with Crippen LogP contribution in [0.2, 0.25) is 0 Å². The first-order valence-corrected chi connectivity index (χ1v) is 25.2. The molecule has 0 aliphatic heterocycles. The lowest BCUT2D eigenvalue weighted by atomic mass is 10.0. The first kappa shape index (κ1) is 55.0. The number of rotatable bonds is 44. The van der Waals surface area contributed by atoms with Crippen LogP contribution in [0, 0.1) is 0 Å². The number of hydrogen-bond acceptors (Lipinski definition) is 8. The summed E-state index contributed by atoms with van der Waals surface area (Å²) in [5, 5.41) is 0. The van der Waals surface area contributed by atoms with Gasteiger partial charge >= 0.3 is 11.9 Å². The van der Waals surface area contributed by atoms with Crippen molar-refractivity contribution in [3.8, 4) is 0 Å². The molecule has 9 nitrogen and oxygen atoms in total. The highest BCUT2D eigenvalue weighted by molar-refractivity contribution is 7.45. The SMILES string of the molecule is CCCCCCCCCCCCCCCCCCCCCCCC(=O)OC(COC(=O)CCCCCCCCCCCCC)COP(=O)([O-])OCC[N+](C)(C)C. The van der Waals surface area contributed by atoms with E-state index in [1.54, 1.807) is 0 Å². The van der Waals surface area contributed by atoms with Crippen LogP contribution >= 0.6 is 7.82 Å². The fourth-order valence-electron chi connectivity index (χ4n) is 6.89. The lowest BCUT2D eigenvalue weighted by Crippen LogP contribution is -2.37. The quantitative estimate of drug-likeness (QED) is 0.0259. The molecule has 0 aromatic heterocycles. The summed E-state index contributed by atoms with van der Waals surface area (Å²) in [7, 11) is 1.18. The second-order valence-corrected chi connectivity index (χ2v) is 18.9. The van der Waals surface area contributed by atoms with Gasteiger partial charge in [-0.2, -0.15) is 0 Å². The molecule has 0 aliphatic rings. The molecule has 2 unspecified atom stereocenters. The topological polar surface area (TPSA) is 111 Å². The Morgan fingerprint density at radius 1 is 0.482 bits per heavy atom. The lowest BCUT2D eigenvalue weighted by molar-refractivity contribution is -0.870. The Morgan fingerprint density at radius 2 is 0.804 bits per heavy atom. The Labute approximate surface area is 346 Å². The van der Waals surface area contributed by atoms with Crippen molar-refractivity contribution >= 4 is 19.8 Å². The summed E-state index contributed by atoms with van der Waals surface area (Å²) in [6.45, 7) is 4.26. The van der Waals surface area contributed by atoms with E-state index in [4.69, 9.17) is 18.5 Å². The minimum absolute atomic E-state index is 0.0256. The zero-order chi connectivity index (χ0) is 41.4. The van der Waals surface area contributed by atoms with E-state index in [2.05, 4.69) is 13.8 Å². The lowest BCUT2D eigenvalue weighted by Gasteiger charge is -2.28. The molecule has 0 aromatic rings. The fraction of sp³-hybridized carbons (Fsp3) is 0.957. The maximum Gasteiger partial charge on any atom is 0.306 e. The molecule has 0 rings (SSSR count). The molecule has 0 N–H and O–H groups in total. The summed E-state index contributed by atoms with van der Waals surface area (Å²) in [6.07, 6.45) is 39.9. The largest absolute Gasteiger partial charge is 0.756 e. The van der Waals surface area contributed by atoms with E-state index in [0.717, 1.165) is 32.1 Å². The van der Waals surface area contributed by atoms with Gasteiger partial charge in [-0.25, -0.2) is 0 Å². The third-order valence-corrected chi connectivity index (χ3v) is 11.6. The second kappa shape index (κ2) is 39.5. The van der Waals surface area contributed by atoms with Gasteiger partial charge in [0.1, 0.15) is 19.8 Å². The Hall–Kier alpha value is -0.990. The summed E-state index contributed by atoms with van der Waals surface area (Å²) in [6, 6.07) is 0. The molecular formula is C46H92NO8P. The van der Waals surface area contributed by atoms with Gasteiger partial charge in [-0.1, -0.05) is 206 Å². The van der Waals surface area contributed by atoms with Crippen molar-refractivity contribution in [2.45, 2.75) is 238 Å². The Kier molecular flexibility index (Phi) is 38.8. The molecule has 0 aliphatic carbocycles. The van der Waals surface area contributed by atoms with Gasteiger partial charge in [0, 0.05) is 12.8 Å². The van der Waals surface area contributed by atoms with E-state index in [1.165, 1.54) is 167 Å². The van der Waals surface area contributed by atoms with Gasteiger partial charge < -0.3 is 27.9 Å². The van der Waals surface area contributed by atoms with Crippen molar-refractivity contribution in [2.75, 3.05) is 47.5 Å². The molecule has 0 bridgehead atoms. The monoisotopic (exact) mass is 818 g/mol. The van der Waals surface area contributed by atoms with Gasteiger partial charge in [0.2, 0.25) is 0 Å². The summed E-state index contributed by atoms with van der Waals surface area (Å²) in [5.41, 5.74) is 0. The number of phosphoric ester groups is 1. The van der Waals surface area contributed by atoms with Crippen molar-refractivity contribution in [2.24, 2.45) is 0 Å². The predicted molar refractivity (Wildman–Crippen MR) is 232 cm³/mol. The number of likely N-dealkylation sites (N-methyl/N-ethyl adjacent to an activating group) is 1. The van der Waals surface area contributed by atoms with Crippen LogP contribution in [0.25, 0.3) is 0 Å². The number of hydrogen-bond donors (Lipinski definition) is 0. The minimum atomic E-state index is -4.62. The number of carbonyl (C=O) groups is 2. The molecule has 0 heterocycles. The van der Waals surface area contributed by atoms with E-state index in [-0.39, 0.29) is 32.0 Å². The number of nitrogens with zero attached hydrogens (tertiary/aromatic N) is 1. The van der Waals surface area contributed by atoms with Gasteiger partial charge in [-0.3, -0.25) is 14.2 Å². The smallest absolute Gasteiger partial charge is 0.306 e. The average molecular weight is 818 g/mol. The maximum absolute atomic E-state index is 12.7. The van der Waals surface area contributed by atoms with Gasteiger partial charge in [-0.05, 0) is 12.8 Å². The molecule has 0 aromatic carbocycles. The summed E-state index contributed by atoms with van der Waals surface area (Å²) in [5.74, 6) is -0.819. The van der Waals surface area contributed by atoms with E-state index in [0.29, 0.717) is 17.4 Å². The number of esters is 2. The Balaban J connectivity index is 4.19. The van der Waals surface area contributed by atoms with Crippen LogP contribution in [0.5, 0.6) is 0 Å². The van der Waals surface area contributed by atoms with Crippen LogP contribution in [0.1, 0.15) is 232 Å². The summed E-state index contributed by atoms with van der Waals surface area (Å²) >= 11 is 0. The third kappa shape index (κ3) is 42.6. The van der Waals surface area contributed by atoms with E-state index < -0.39 is 26.5 Å². The molecule has 0 amide bonds. The number of quaternary nitrogens is 1. The van der Waals surface area contributed by atoms with Gasteiger partial charge in [-0.15, -0.1) is 0 Å². The summed E-state index contributed by atoms with van der Waals surface area (Å²) in [4.78, 5) is 37.5. The van der Waals surface area contributed by atoms with E-state index in [9.17, 15) is 19.0 Å². The highest BCUT2D eigenvalue weighted by atomic mass is 31.2.